The molecule has 0 unspecified atom stereocenters. The topological polar surface area (TPSA) is 66.4 Å². The van der Waals surface area contributed by atoms with Gasteiger partial charge in [-0.05, 0) is 5.56 Å². The van der Waals surface area contributed by atoms with Gasteiger partial charge in [0.05, 0.1) is 0 Å². The molecule has 1 atom stereocenters. The van der Waals surface area contributed by atoms with E-state index in [9.17, 15) is 9.59 Å². The lowest BCUT2D eigenvalue weighted by molar-refractivity contribution is -0.143. The third-order valence-electron chi connectivity index (χ3n) is 2.57. The molecule has 1 rings (SSSR count). The summed E-state index contributed by atoms with van der Waals surface area (Å²) in [6.07, 6.45) is 0.290. The van der Waals surface area contributed by atoms with Gasteiger partial charge in [-0.15, -0.1) is 0 Å². The predicted octanol–water partition coefficient (Wildman–Crippen LogP) is 1.84. The number of amides is 1. The van der Waals surface area contributed by atoms with Crippen molar-refractivity contribution in [1.82, 2.24) is 5.32 Å². The van der Waals surface area contributed by atoms with Gasteiger partial charge < -0.3 is 10.4 Å². The standard InChI is InChI=1S/C14H19NO3/c1-14(2,3)13(18)15-11(12(16)17)9-10-7-5-4-6-8-10/h4-8,11H,9H2,1-3H3,(H,15,18)(H,16,17)/t11-/m0/s1. The molecule has 0 saturated carbocycles. The SMILES string of the molecule is CC(C)(C)C(=O)N[C@@H](Cc1ccccc1)C(=O)O. The van der Waals surface area contributed by atoms with Crippen molar-refractivity contribution < 1.29 is 14.7 Å². The van der Waals surface area contributed by atoms with Crippen LogP contribution in [-0.2, 0) is 16.0 Å². The molecule has 0 saturated heterocycles. The van der Waals surface area contributed by atoms with Gasteiger partial charge in [0.1, 0.15) is 6.04 Å². The predicted molar refractivity (Wildman–Crippen MR) is 69.2 cm³/mol. The average molecular weight is 249 g/mol. The largest absolute Gasteiger partial charge is 0.480 e. The number of nitrogens with one attached hydrogen (secondary N) is 1. The Bertz CT molecular complexity index is 420. The van der Waals surface area contributed by atoms with Gasteiger partial charge >= 0.3 is 5.97 Å². The molecule has 0 radical (unpaired) electrons. The molecule has 0 bridgehead atoms. The molecule has 1 aromatic carbocycles. The second-order valence-electron chi connectivity index (χ2n) is 5.30. The first kappa shape index (κ1) is 14.2. The molecule has 0 aliphatic heterocycles. The van der Waals surface area contributed by atoms with Crippen molar-refractivity contribution in [2.24, 2.45) is 5.41 Å². The highest BCUT2D eigenvalue weighted by Gasteiger charge is 2.27. The quantitative estimate of drug-likeness (QED) is 0.855. The molecular weight excluding hydrogens is 230 g/mol. The molecule has 0 aromatic heterocycles. The van der Waals surface area contributed by atoms with Gasteiger partial charge in [-0.1, -0.05) is 51.1 Å². The summed E-state index contributed by atoms with van der Waals surface area (Å²) in [5, 5.41) is 11.7. The maximum atomic E-state index is 11.8. The third kappa shape index (κ3) is 4.20. The van der Waals surface area contributed by atoms with Gasteiger partial charge in [0.15, 0.2) is 0 Å². The van der Waals surface area contributed by atoms with E-state index in [0.717, 1.165) is 5.56 Å². The number of carboxylic acids is 1. The number of benzene rings is 1. The van der Waals surface area contributed by atoms with Crippen LogP contribution in [0.2, 0.25) is 0 Å². The van der Waals surface area contributed by atoms with Crippen LogP contribution < -0.4 is 5.32 Å². The van der Waals surface area contributed by atoms with Crippen LogP contribution in [0.3, 0.4) is 0 Å². The Labute approximate surface area is 107 Å². The van der Waals surface area contributed by atoms with E-state index in [1.807, 2.05) is 30.3 Å². The Balaban J connectivity index is 2.73. The monoisotopic (exact) mass is 249 g/mol. The lowest BCUT2D eigenvalue weighted by Crippen LogP contribution is -2.46. The molecule has 0 aliphatic carbocycles. The molecule has 1 aromatic rings. The Morgan fingerprint density at radius 2 is 1.78 bits per heavy atom. The fourth-order valence-corrected chi connectivity index (χ4v) is 1.42. The fourth-order valence-electron chi connectivity index (χ4n) is 1.42. The normalized spacial score (nSPS) is 12.8. The van der Waals surface area contributed by atoms with Crippen molar-refractivity contribution in [3.8, 4) is 0 Å². The van der Waals surface area contributed by atoms with E-state index in [-0.39, 0.29) is 12.3 Å². The molecule has 18 heavy (non-hydrogen) atoms. The summed E-state index contributed by atoms with van der Waals surface area (Å²) in [4.78, 5) is 22.9. The molecule has 0 fully saturated rings. The van der Waals surface area contributed by atoms with Gasteiger partial charge in [-0.2, -0.15) is 0 Å². The smallest absolute Gasteiger partial charge is 0.326 e. The number of aliphatic carboxylic acids is 1. The Morgan fingerprint density at radius 3 is 2.22 bits per heavy atom. The Kier molecular flexibility index (Phi) is 4.48. The lowest BCUT2D eigenvalue weighted by Gasteiger charge is -2.22. The summed E-state index contributed by atoms with van der Waals surface area (Å²) in [5.41, 5.74) is 0.295. The minimum absolute atomic E-state index is 0.258. The Morgan fingerprint density at radius 1 is 1.22 bits per heavy atom. The first-order valence-electron chi connectivity index (χ1n) is 5.88. The number of carbonyl (C=O) groups is 2. The van der Waals surface area contributed by atoms with Crippen LogP contribution in [-0.4, -0.2) is 23.0 Å². The van der Waals surface area contributed by atoms with Crippen LogP contribution in [0.1, 0.15) is 26.3 Å². The number of hydrogen-bond donors (Lipinski definition) is 2. The van der Waals surface area contributed by atoms with Crippen molar-refractivity contribution in [3.63, 3.8) is 0 Å². The maximum Gasteiger partial charge on any atom is 0.326 e. The lowest BCUT2D eigenvalue weighted by atomic mass is 9.94. The molecular formula is C14H19NO3. The van der Waals surface area contributed by atoms with Crippen LogP contribution in [0, 0.1) is 5.41 Å². The highest BCUT2D eigenvalue weighted by molar-refractivity contribution is 5.86. The van der Waals surface area contributed by atoms with Crippen molar-refractivity contribution in [2.75, 3.05) is 0 Å². The zero-order valence-electron chi connectivity index (χ0n) is 10.9. The number of carboxylic acid groups (broad SMARTS) is 1. The van der Waals surface area contributed by atoms with Crippen LogP contribution in [0.5, 0.6) is 0 Å². The summed E-state index contributed by atoms with van der Waals surface area (Å²) in [7, 11) is 0. The first-order valence-corrected chi connectivity index (χ1v) is 5.88. The molecule has 4 nitrogen and oxygen atoms in total. The van der Waals surface area contributed by atoms with Crippen LogP contribution in [0.4, 0.5) is 0 Å². The van der Waals surface area contributed by atoms with Gasteiger partial charge in [-0.25, -0.2) is 4.79 Å². The highest BCUT2D eigenvalue weighted by atomic mass is 16.4. The number of rotatable bonds is 4. The summed E-state index contributed by atoms with van der Waals surface area (Å²) in [6, 6.07) is 8.37. The molecule has 98 valence electrons. The third-order valence-corrected chi connectivity index (χ3v) is 2.57. The van der Waals surface area contributed by atoms with E-state index in [2.05, 4.69) is 5.32 Å². The van der Waals surface area contributed by atoms with E-state index in [1.165, 1.54) is 0 Å². The summed E-state index contributed by atoms with van der Waals surface area (Å²) < 4.78 is 0. The number of hydrogen-bond acceptors (Lipinski definition) is 2. The van der Waals surface area contributed by atoms with Gasteiger partial charge in [0.2, 0.25) is 5.91 Å². The van der Waals surface area contributed by atoms with E-state index in [1.54, 1.807) is 20.8 Å². The second kappa shape index (κ2) is 5.67. The van der Waals surface area contributed by atoms with Crippen LogP contribution in [0.15, 0.2) is 30.3 Å². The van der Waals surface area contributed by atoms with Gasteiger partial charge in [-0.3, -0.25) is 4.79 Å². The van der Waals surface area contributed by atoms with Gasteiger partial charge in [0.25, 0.3) is 0 Å². The van der Waals surface area contributed by atoms with Crippen molar-refractivity contribution in [2.45, 2.75) is 33.2 Å². The van der Waals surface area contributed by atoms with Crippen LogP contribution in [0.25, 0.3) is 0 Å². The molecule has 0 aliphatic rings. The minimum atomic E-state index is -1.02. The van der Waals surface area contributed by atoms with Crippen molar-refractivity contribution in [3.05, 3.63) is 35.9 Å². The van der Waals surface area contributed by atoms with E-state index < -0.39 is 17.4 Å². The van der Waals surface area contributed by atoms with E-state index >= 15 is 0 Å². The maximum absolute atomic E-state index is 11.8. The molecule has 2 N–H and O–H groups in total. The van der Waals surface area contributed by atoms with Crippen molar-refractivity contribution in [1.29, 1.82) is 0 Å². The van der Waals surface area contributed by atoms with E-state index in [4.69, 9.17) is 5.11 Å². The molecule has 1 amide bonds. The molecule has 4 heteroatoms. The van der Waals surface area contributed by atoms with Crippen molar-refractivity contribution >= 4 is 11.9 Å². The van der Waals surface area contributed by atoms with E-state index in [0.29, 0.717) is 0 Å². The summed E-state index contributed by atoms with van der Waals surface area (Å²) in [5.74, 6) is -1.28. The van der Waals surface area contributed by atoms with Gasteiger partial charge in [0, 0.05) is 11.8 Å². The average Bonchev–Trinajstić information content (AvgIpc) is 2.28. The number of carbonyl (C=O) groups excluding carboxylic acids is 1. The first-order chi connectivity index (χ1) is 8.30. The molecule has 0 heterocycles. The summed E-state index contributed by atoms with van der Waals surface area (Å²) >= 11 is 0. The van der Waals surface area contributed by atoms with Crippen LogP contribution >= 0.6 is 0 Å². The second-order valence-corrected chi connectivity index (χ2v) is 5.30. The molecule has 0 spiro atoms. The Hall–Kier alpha value is -1.84. The fraction of sp³-hybridized carbons (Fsp3) is 0.429. The minimum Gasteiger partial charge on any atom is -0.480 e. The highest BCUT2D eigenvalue weighted by Crippen LogP contribution is 2.13. The zero-order valence-corrected chi connectivity index (χ0v) is 10.9. The summed E-state index contributed by atoms with van der Waals surface area (Å²) in [6.45, 7) is 5.26. The zero-order chi connectivity index (χ0) is 13.8.